The summed E-state index contributed by atoms with van der Waals surface area (Å²) in [5.41, 5.74) is 4.51. The number of hydrogen-bond donors (Lipinski definition) is 1. The number of carbonyl (C=O) groups is 1. The number of carbonyl (C=O) groups excluding carboxylic acids is 1. The van der Waals surface area contributed by atoms with Gasteiger partial charge in [0.05, 0.1) is 6.54 Å². The Kier molecular flexibility index (Phi) is 4.54. The van der Waals surface area contributed by atoms with Gasteiger partial charge in [0.15, 0.2) is 5.78 Å². The van der Waals surface area contributed by atoms with Gasteiger partial charge in [0.1, 0.15) is 0 Å². The zero-order valence-electron chi connectivity index (χ0n) is 13.0. The molecular formula is C19H22N2O. The molecule has 2 aromatic rings. The van der Waals surface area contributed by atoms with Crippen LogP contribution in [0.1, 0.15) is 28.4 Å². The molecule has 1 N–H and O–H groups in total. The van der Waals surface area contributed by atoms with Gasteiger partial charge in [-0.2, -0.15) is 0 Å². The van der Waals surface area contributed by atoms with E-state index in [1.54, 1.807) is 0 Å². The lowest BCUT2D eigenvalue weighted by Crippen LogP contribution is -2.29. The summed E-state index contributed by atoms with van der Waals surface area (Å²) in [5, 5.41) is 3.33. The first-order valence-electron chi connectivity index (χ1n) is 7.92. The first-order chi connectivity index (χ1) is 10.8. The highest BCUT2D eigenvalue weighted by Crippen LogP contribution is 2.23. The first-order valence-corrected chi connectivity index (χ1v) is 7.92. The third-order valence-electron chi connectivity index (χ3n) is 4.20. The molecule has 1 aliphatic rings. The van der Waals surface area contributed by atoms with E-state index in [1.165, 1.54) is 16.8 Å². The summed E-state index contributed by atoms with van der Waals surface area (Å²) in [7, 11) is 0. The fraction of sp³-hybridized carbons (Fsp3) is 0.316. The van der Waals surface area contributed by atoms with Crippen LogP contribution in [0.4, 0.5) is 5.69 Å². The van der Waals surface area contributed by atoms with E-state index < -0.39 is 0 Å². The average molecular weight is 294 g/mol. The van der Waals surface area contributed by atoms with Gasteiger partial charge in [0, 0.05) is 24.3 Å². The summed E-state index contributed by atoms with van der Waals surface area (Å²) in [6, 6.07) is 16.3. The molecule has 3 rings (SSSR count). The van der Waals surface area contributed by atoms with Crippen LogP contribution < -0.4 is 5.32 Å². The van der Waals surface area contributed by atoms with Gasteiger partial charge in [-0.25, -0.2) is 0 Å². The van der Waals surface area contributed by atoms with Crippen molar-refractivity contribution in [1.29, 1.82) is 0 Å². The summed E-state index contributed by atoms with van der Waals surface area (Å²) in [4.78, 5) is 14.7. The molecule has 2 aromatic carbocycles. The summed E-state index contributed by atoms with van der Waals surface area (Å²) >= 11 is 0. The standard InChI is InChI=1S/C19H22N2O/c1-2-21(13-15-6-4-3-5-7-15)14-19(22)17-8-9-18-16(12-17)10-11-20-18/h3-9,12,20H,2,10-11,13-14H2,1H3. The van der Waals surface area contributed by atoms with Gasteiger partial charge in [0.2, 0.25) is 0 Å². The zero-order chi connectivity index (χ0) is 15.4. The van der Waals surface area contributed by atoms with Crippen LogP contribution >= 0.6 is 0 Å². The summed E-state index contributed by atoms with van der Waals surface area (Å²) < 4.78 is 0. The molecule has 0 bridgehead atoms. The number of anilines is 1. The number of fused-ring (bicyclic) bond motifs is 1. The Balaban J connectivity index is 1.67. The predicted molar refractivity (Wildman–Crippen MR) is 90.4 cm³/mol. The largest absolute Gasteiger partial charge is 0.384 e. The summed E-state index contributed by atoms with van der Waals surface area (Å²) in [5.74, 6) is 0.201. The second kappa shape index (κ2) is 6.75. The second-order valence-electron chi connectivity index (χ2n) is 5.76. The lowest BCUT2D eigenvalue weighted by Gasteiger charge is -2.19. The number of ketones is 1. The van der Waals surface area contributed by atoms with Crippen LogP contribution in [0.5, 0.6) is 0 Å². The van der Waals surface area contributed by atoms with E-state index in [1.807, 2.05) is 36.4 Å². The fourth-order valence-electron chi connectivity index (χ4n) is 2.89. The smallest absolute Gasteiger partial charge is 0.176 e. The highest BCUT2D eigenvalue weighted by molar-refractivity contribution is 5.98. The number of Topliss-reactive ketones (excluding diaryl/α,β-unsaturated/α-hetero) is 1. The zero-order valence-corrected chi connectivity index (χ0v) is 13.0. The Bertz CT molecular complexity index is 652. The number of benzene rings is 2. The maximum Gasteiger partial charge on any atom is 0.176 e. The molecule has 0 aliphatic carbocycles. The topological polar surface area (TPSA) is 32.3 Å². The monoisotopic (exact) mass is 294 g/mol. The molecule has 0 spiro atoms. The molecule has 0 aromatic heterocycles. The Morgan fingerprint density at radius 1 is 1.18 bits per heavy atom. The molecule has 0 radical (unpaired) electrons. The minimum Gasteiger partial charge on any atom is -0.384 e. The number of nitrogens with zero attached hydrogens (tertiary/aromatic N) is 1. The van der Waals surface area contributed by atoms with E-state index in [-0.39, 0.29) is 5.78 Å². The van der Waals surface area contributed by atoms with Crippen molar-refractivity contribution < 1.29 is 4.79 Å². The van der Waals surface area contributed by atoms with Crippen molar-refractivity contribution in [2.75, 3.05) is 25.0 Å². The molecule has 0 saturated heterocycles. The number of likely N-dealkylation sites (N-methyl/N-ethyl adjacent to an activating group) is 1. The van der Waals surface area contributed by atoms with Crippen molar-refractivity contribution >= 4 is 11.5 Å². The maximum absolute atomic E-state index is 12.5. The third kappa shape index (κ3) is 3.37. The van der Waals surface area contributed by atoms with E-state index in [9.17, 15) is 4.79 Å². The molecule has 0 atom stereocenters. The van der Waals surface area contributed by atoms with E-state index in [2.05, 4.69) is 29.3 Å². The van der Waals surface area contributed by atoms with E-state index in [0.717, 1.165) is 31.6 Å². The minimum absolute atomic E-state index is 0.201. The van der Waals surface area contributed by atoms with Crippen molar-refractivity contribution in [2.24, 2.45) is 0 Å². The molecular weight excluding hydrogens is 272 g/mol. The van der Waals surface area contributed by atoms with Crippen LogP contribution in [0.3, 0.4) is 0 Å². The van der Waals surface area contributed by atoms with Crippen LogP contribution in [-0.2, 0) is 13.0 Å². The first kappa shape index (κ1) is 14.8. The van der Waals surface area contributed by atoms with Gasteiger partial charge < -0.3 is 5.32 Å². The van der Waals surface area contributed by atoms with E-state index >= 15 is 0 Å². The Labute approximate surface area is 132 Å². The van der Waals surface area contributed by atoms with Crippen molar-refractivity contribution in [2.45, 2.75) is 19.9 Å². The van der Waals surface area contributed by atoms with Gasteiger partial charge in [-0.3, -0.25) is 9.69 Å². The average Bonchev–Trinajstić information content (AvgIpc) is 3.02. The SMILES string of the molecule is CCN(CC(=O)c1ccc2c(c1)CCN2)Cc1ccccc1. The molecule has 0 saturated carbocycles. The van der Waals surface area contributed by atoms with Gasteiger partial charge >= 0.3 is 0 Å². The van der Waals surface area contributed by atoms with Crippen molar-refractivity contribution in [3.05, 3.63) is 65.2 Å². The van der Waals surface area contributed by atoms with Gasteiger partial charge in [-0.15, -0.1) is 0 Å². The number of nitrogens with one attached hydrogen (secondary N) is 1. The molecule has 1 heterocycles. The normalized spacial score (nSPS) is 13.0. The molecule has 3 nitrogen and oxygen atoms in total. The number of rotatable bonds is 6. The highest BCUT2D eigenvalue weighted by Gasteiger charge is 2.15. The van der Waals surface area contributed by atoms with Crippen LogP contribution in [0, 0.1) is 0 Å². The van der Waals surface area contributed by atoms with E-state index in [0.29, 0.717) is 6.54 Å². The lowest BCUT2D eigenvalue weighted by atomic mass is 10.0. The molecule has 3 heteroatoms. The highest BCUT2D eigenvalue weighted by atomic mass is 16.1. The van der Waals surface area contributed by atoms with Crippen LogP contribution in [0.25, 0.3) is 0 Å². The Hall–Kier alpha value is -2.13. The van der Waals surface area contributed by atoms with Gasteiger partial charge in [-0.05, 0) is 42.3 Å². The van der Waals surface area contributed by atoms with Gasteiger partial charge in [0.25, 0.3) is 0 Å². The van der Waals surface area contributed by atoms with Crippen LogP contribution in [0.15, 0.2) is 48.5 Å². The molecule has 22 heavy (non-hydrogen) atoms. The predicted octanol–water partition coefficient (Wildman–Crippen LogP) is 3.36. The fourth-order valence-corrected chi connectivity index (χ4v) is 2.89. The maximum atomic E-state index is 12.5. The molecule has 1 aliphatic heterocycles. The molecule has 114 valence electrons. The molecule has 0 unspecified atom stereocenters. The van der Waals surface area contributed by atoms with Crippen LogP contribution in [-0.4, -0.2) is 30.3 Å². The van der Waals surface area contributed by atoms with Crippen molar-refractivity contribution in [3.63, 3.8) is 0 Å². The lowest BCUT2D eigenvalue weighted by molar-refractivity contribution is 0.0929. The van der Waals surface area contributed by atoms with Gasteiger partial charge in [-0.1, -0.05) is 37.3 Å². The molecule has 0 fully saturated rings. The minimum atomic E-state index is 0.201. The Morgan fingerprint density at radius 3 is 2.77 bits per heavy atom. The number of hydrogen-bond acceptors (Lipinski definition) is 3. The molecule has 0 amide bonds. The van der Waals surface area contributed by atoms with Crippen LogP contribution in [0.2, 0.25) is 0 Å². The Morgan fingerprint density at radius 2 is 2.00 bits per heavy atom. The quantitative estimate of drug-likeness (QED) is 0.829. The second-order valence-corrected chi connectivity index (χ2v) is 5.76. The summed E-state index contributed by atoms with van der Waals surface area (Å²) in [6.07, 6.45) is 1.01. The third-order valence-corrected chi connectivity index (χ3v) is 4.20. The summed E-state index contributed by atoms with van der Waals surface area (Å²) in [6.45, 7) is 5.23. The van der Waals surface area contributed by atoms with Crippen molar-refractivity contribution in [1.82, 2.24) is 4.90 Å². The van der Waals surface area contributed by atoms with E-state index in [4.69, 9.17) is 0 Å². The van der Waals surface area contributed by atoms with Crippen molar-refractivity contribution in [3.8, 4) is 0 Å².